The van der Waals surface area contributed by atoms with Crippen LogP contribution in [-0.4, -0.2) is 4.57 Å². The Bertz CT molecular complexity index is 1440. The summed E-state index contributed by atoms with van der Waals surface area (Å²) in [6.07, 6.45) is 15.4. The standard InChI is InChI=1S/C31H25N/c1-2-8-21(9-3-1)22-14-15-23-18-24-16-17-25(20-29(24)28(23)19-22)32-30-12-6-4-10-26(30)27-11-5-7-13-31(27)32/h1-6,8-12,14-17,19-20,24,29H,7,13,18H2. The van der Waals surface area contributed by atoms with Gasteiger partial charge in [0.25, 0.3) is 0 Å². The van der Waals surface area contributed by atoms with Crippen molar-refractivity contribution in [1.82, 2.24) is 4.57 Å². The molecule has 0 N–H and O–H groups in total. The van der Waals surface area contributed by atoms with Crippen molar-refractivity contribution in [2.75, 3.05) is 0 Å². The second kappa shape index (κ2) is 6.97. The van der Waals surface area contributed by atoms with E-state index in [0.29, 0.717) is 11.8 Å². The largest absolute Gasteiger partial charge is 0.313 e. The number of hydrogen-bond acceptors (Lipinski definition) is 0. The summed E-state index contributed by atoms with van der Waals surface area (Å²) in [6.45, 7) is 0. The molecule has 1 aromatic heterocycles. The second-order valence-corrected chi connectivity index (χ2v) is 9.28. The molecule has 4 aromatic rings. The molecule has 1 heteroatoms. The molecule has 0 fully saturated rings. The second-order valence-electron chi connectivity index (χ2n) is 9.28. The summed E-state index contributed by atoms with van der Waals surface area (Å²) in [5.74, 6) is 1.02. The molecule has 3 aliphatic rings. The highest BCUT2D eigenvalue weighted by molar-refractivity contribution is 5.95. The molecule has 1 nitrogen and oxygen atoms in total. The molecule has 154 valence electrons. The minimum atomic E-state index is 0.449. The first-order valence-corrected chi connectivity index (χ1v) is 11.7. The average Bonchev–Trinajstić information content (AvgIpc) is 3.39. The monoisotopic (exact) mass is 411 g/mol. The summed E-state index contributed by atoms with van der Waals surface area (Å²) in [5, 5.41) is 1.37. The number of aromatic nitrogens is 1. The average molecular weight is 412 g/mol. The van der Waals surface area contributed by atoms with Crippen LogP contribution in [-0.2, 0) is 12.8 Å². The highest BCUT2D eigenvalue weighted by Crippen LogP contribution is 2.46. The van der Waals surface area contributed by atoms with Gasteiger partial charge in [-0.2, -0.15) is 0 Å². The van der Waals surface area contributed by atoms with Gasteiger partial charge < -0.3 is 4.57 Å². The smallest absolute Gasteiger partial charge is 0.0537 e. The normalized spacial score (nSPS) is 20.7. The first kappa shape index (κ1) is 18.0. The van der Waals surface area contributed by atoms with Gasteiger partial charge in [-0.25, -0.2) is 0 Å². The van der Waals surface area contributed by atoms with Crippen molar-refractivity contribution >= 4 is 22.7 Å². The topological polar surface area (TPSA) is 4.93 Å². The summed E-state index contributed by atoms with van der Waals surface area (Å²) in [5.41, 5.74) is 11.1. The highest BCUT2D eigenvalue weighted by atomic mass is 15.0. The fourth-order valence-corrected chi connectivity index (χ4v) is 5.99. The van der Waals surface area contributed by atoms with Crippen molar-refractivity contribution in [2.24, 2.45) is 5.92 Å². The summed E-state index contributed by atoms with van der Waals surface area (Å²) >= 11 is 0. The molecule has 0 bridgehead atoms. The van der Waals surface area contributed by atoms with E-state index in [2.05, 4.69) is 108 Å². The van der Waals surface area contributed by atoms with Gasteiger partial charge in [0.2, 0.25) is 0 Å². The Kier molecular flexibility index (Phi) is 3.93. The van der Waals surface area contributed by atoms with Crippen LogP contribution in [0.4, 0.5) is 0 Å². The van der Waals surface area contributed by atoms with Crippen LogP contribution in [0, 0.1) is 5.92 Å². The maximum absolute atomic E-state index is 2.54. The lowest BCUT2D eigenvalue weighted by Gasteiger charge is -2.23. The van der Waals surface area contributed by atoms with E-state index < -0.39 is 0 Å². The van der Waals surface area contributed by atoms with Crippen molar-refractivity contribution in [3.8, 4) is 11.1 Å². The molecular weight excluding hydrogens is 386 g/mol. The van der Waals surface area contributed by atoms with E-state index in [1.54, 1.807) is 0 Å². The third-order valence-electron chi connectivity index (χ3n) is 7.50. The van der Waals surface area contributed by atoms with Gasteiger partial charge in [-0.3, -0.25) is 0 Å². The zero-order valence-electron chi connectivity index (χ0n) is 18.0. The van der Waals surface area contributed by atoms with Gasteiger partial charge in [0.05, 0.1) is 5.52 Å². The molecule has 0 saturated heterocycles. The number of para-hydroxylation sites is 1. The SMILES string of the molecule is C1=Cc2c(n(C3=CC4c5cc(-c6ccccc6)ccc5CC4C=C3)c3ccccc23)CC1. The van der Waals surface area contributed by atoms with E-state index in [4.69, 9.17) is 0 Å². The molecular formula is C31H25N. The van der Waals surface area contributed by atoms with E-state index in [9.17, 15) is 0 Å². The third-order valence-corrected chi connectivity index (χ3v) is 7.50. The maximum atomic E-state index is 2.54. The maximum Gasteiger partial charge on any atom is 0.0537 e. The van der Waals surface area contributed by atoms with Gasteiger partial charge in [-0.05, 0) is 59.6 Å². The Morgan fingerprint density at radius 2 is 1.69 bits per heavy atom. The minimum absolute atomic E-state index is 0.449. The van der Waals surface area contributed by atoms with Gasteiger partial charge >= 0.3 is 0 Å². The predicted octanol–water partition coefficient (Wildman–Crippen LogP) is 7.63. The number of benzene rings is 3. The lowest BCUT2D eigenvalue weighted by Crippen LogP contribution is -2.11. The van der Waals surface area contributed by atoms with E-state index >= 15 is 0 Å². The van der Waals surface area contributed by atoms with Crippen LogP contribution in [0.15, 0.2) is 97.1 Å². The number of rotatable bonds is 2. The molecule has 7 rings (SSSR count). The van der Waals surface area contributed by atoms with Gasteiger partial charge in [0.15, 0.2) is 0 Å². The third kappa shape index (κ3) is 2.64. The zero-order chi connectivity index (χ0) is 21.1. The molecule has 2 atom stereocenters. The number of allylic oxidation sites excluding steroid dienone is 5. The quantitative estimate of drug-likeness (QED) is 0.319. The van der Waals surface area contributed by atoms with Gasteiger partial charge in [-0.1, -0.05) is 91.0 Å². The molecule has 2 unspecified atom stereocenters. The number of hydrogen-bond donors (Lipinski definition) is 0. The van der Waals surface area contributed by atoms with Crippen molar-refractivity contribution in [3.63, 3.8) is 0 Å². The van der Waals surface area contributed by atoms with Crippen molar-refractivity contribution in [3.05, 3.63) is 119 Å². The minimum Gasteiger partial charge on any atom is -0.313 e. The first-order valence-electron chi connectivity index (χ1n) is 11.7. The lowest BCUT2D eigenvalue weighted by molar-refractivity contribution is 0.629. The molecule has 3 aliphatic carbocycles. The Morgan fingerprint density at radius 3 is 2.62 bits per heavy atom. The van der Waals surface area contributed by atoms with Crippen molar-refractivity contribution < 1.29 is 0 Å². The van der Waals surface area contributed by atoms with Gasteiger partial charge in [0.1, 0.15) is 0 Å². The van der Waals surface area contributed by atoms with Crippen LogP contribution < -0.4 is 0 Å². The van der Waals surface area contributed by atoms with Crippen LogP contribution in [0.2, 0.25) is 0 Å². The summed E-state index contributed by atoms with van der Waals surface area (Å²) in [6, 6.07) is 26.7. The Morgan fingerprint density at radius 1 is 0.812 bits per heavy atom. The van der Waals surface area contributed by atoms with Crippen LogP contribution in [0.5, 0.6) is 0 Å². The first-order chi connectivity index (χ1) is 15.9. The molecule has 0 saturated carbocycles. The van der Waals surface area contributed by atoms with E-state index in [-0.39, 0.29) is 0 Å². The Labute approximate surface area is 189 Å². The van der Waals surface area contributed by atoms with E-state index in [1.165, 1.54) is 50.1 Å². The predicted molar refractivity (Wildman–Crippen MR) is 135 cm³/mol. The summed E-state index contributed by atoms with van der Waals surface area (Å²) in [7, 11) is 0. The number of nitrogens with zero attached hydrogens (tertiary/aromatic N) is 1. The number of fused-ring (bicyclic) bond motifs is 6. The van der Waals surface area contributed by atoms with Crippen LogP contribution in [0.25, 0.3) is 33.8 Å². The van der Waals surface area contributed by atoms with Crippen LogP contribution in [0.3, 0.4) is 0 Å². The molecule has 32 heavy (non-hydrogen) atoms. The van der Waals surface area contributed by atoms with Crippen LogP contribution >= 0.6 is 0 Å². The Hall–Kier alpha value is -3.58. The van der Waals surface area contributed by atoms with Crippen molar-refractivity contribution in [2.45, 2.75) is 25.2 Å². The molecule has 1 heterocycles. The molecule has 0 aliphatic heterocycles. The molecule has 0 radical (unpaired) electrons. The highest BCUT2D eigenvalue weighted by Gasteiger charge is 2.32. The van der Waals surface area contributed by atoms with E-state index in [1.807, 2.05) is 0 Å². The molecule has 0 spiro atoms. The van der Waals surface area contributed by atoms with E-state index in [0.717, 1.165) is 19.3 Å². The lowest BCUT2D eigenvalue weighted by atomic mass is 9.87. The fourth-order valence-electron chi connectivity index (χ4n) is 5.99. The summed E-state index contributed by atoms with van der Waals surface area (Å²) in [4.78, 5) is 0. The molecule has 3 aromatic carbocycles. The Balaban J connectivity index is 1.37. The summed E-state index contributed by atoms with van der Waals surface area (Å²) < 4.78 is 2.53. The van der Waals surface area contributed by atoms with Crippen LogP contribution in [0.1, 0.15) is 34.7 Å². The van der Waals surface area contributed by atoms with Gasteiger partial charge in [0, 0.05) is 28.3 Å². The van der Waals surface area contributed by atoms with Gasteiger partial charge in [-0.15, -0.1) is 0 Å². The molecule has 0 amide bonds. The zero-order valence-corrected chi connectivity index (χ0v) is 18.0. The van der Waals surface area contributed by atoms with Crippen molar-refractivity contribution in [1.29, 1.82) is 0 Å². The fraction of sp³-hybridized carbons (Fsp3) is 0.161.